The van der Waals surface area contributed by atoms with E-state index in [4.69, 9.17) is 43.2 Å². The average molecular weight is 850 g/mol. The summed E-state index contributed by atoms with van der Waals surface area (Å²) in [5.74, 6) is -0.542. The summed E-state index contributed by atoms with van der Waals surface area (Å²) < 4.78 is 42.3. The molecule has 2 aromatic carbocycles. The highest BCUT2D eigenvalue weighted by molar-refractivity contribution is 6.03. The molecule has 61 heavy (non-hydrogen) atoms. The number of unbranched alkanes of at least 4 members (excludes halogenated alkanes) is 2. The third kappa shape index (κ3) is 10.3. The molecule has 0 aromatic heterocycles. The van der Waals surface area contributed by atoms with Crippen LogP contribution in [0, 0.1) is 17.8 Å². The smallest absolute Gasteiger partial charge is 0.417 e. The maximum absolute atomic E-state index is 13.8. The van der Waals surface area contributed by atoms with Crippen molar-refractivity contribution < 1.29 is 57.8 Å². The number of carbonyl (C=O) groups excluding carboxylic acids is 2. The summed E-state index contributed by atoms with van der Waals surface area (Å²) in [6.07, 6.45) is 10.0. The monoisotopic (exact) mass is 849 g/mol. The van der Waals surface area contributed by atoms with Gasteiger partial charge in [-0.05, 0) is 92.7 Å². The highest BCUT2D eigenvalue weighted by Crippen LogP contribution is 2.62. The van der Waals surface area contributed by atoms with Gasteiger partial charge in [0.1, 0.15) is 29.0 Å². The first-order valence-corrected chi connectivity index (χ1v) is 21.7. The van der Waals surface area contributed by atoms with Gasteiger partial charge in [0.25, 0.3) is 0 Å². The van der Waals surface area contributed by atoms with Gasteiger partial charge in [0.2, 0.25) is 12.1 Å². The standard InChI is InChI=1S/C46H63N3O12/c1-6-21-49(45(53)56-5)40-29-37(48-61-41-16-10-13-25-57-41)34-26-30(14-8-11-22-50)33(15-9-12-23-51)42-35-27-32(18-20-38(35)60-46(40,43(34)42)58-24-7-2)59-44(52)47-36-19-17-31(54-3)28-39(36)55-4/h7,17-20,26-28,30,33,40-43,50-51H,2,6,8-16,21-25,29H2,1,3-5H3,(H,47,52). The molecule has 2 aliphatic heterocycles. The van der Waals surface area contributed by atoms with E-state index in [1.54, 1.807) is 48.4 Å². The summed E-state index contributed by atoms with van der Waals surface area (Å²) in [5, 5.41) is 27.5. The second-order valence-corrected chi connectivity index (χ2v) is 15.9. The van der Waals surface area contributed by atoms with Crippen LogP contribution < -0.4 is 24.3 Å². The SMILES string of the molecule is C=CCOC12Oc3ccc(OC(=O)Nc4ccc(OC)cc4OC)cc3C3C(CCCCO)C(CCCCO)C=C(C(=NOC4CCCCO4)CC1N(CCC)C(=O)OC)C32. The number of ether oxygens (including phenoxy) is 7. The molecule has 7 atom stereocenters. The number of methoxy groups -OCH3 is 3. The molecule has 1 saturated heterocycles. The van der Waals surface area contributed by atoms with Crippen LogP contribution in [0.5, 0.6) is 23.0 Å². The second kappa shape index (κ2) is 21.8. The lowest BCUT2D eigenvalue weighted by Crippen LogP contribution is -2.70. The van der Waals surface area contributed by atoms with Gasteiger partial charge in [-0.2, -0.15) is 0 Å². The van der Waals surface area contributed by atoms with Crippen LogP contribution in [0.25, 0.3) is 0 Å². The highest BCUT2D eigenvalue weighted by Gasteiger charge is 2.65. The minimum Gasteiger partial charge on any atom is -0.497 e. The molecule has 4 aliphatic rings. The first-order chi connectivity index (χ1) is 29.7. The number of aliphatic hydroxyl groups is 2. The van der Waals surface area contributed by atoms with Gasteiger partial charge in [0, 0.05) is 50.1 Å². The van der Waals surface area contributed by atoms with E-state index in [1.807, 2.05) is 13.0 Å². The fraction of sp³-hybridized carbons (Fsp3) is 0.587. The Balaban J connectivity index is 1.52. The Bertz CT molecular complexity index is 1860. The molecule has 2 heterocycles. The molecule has 0 spiro atoms. The van der Waals surface area contributed by atoms with Crippen LogP contribution in [0.15, 0.2) is 65.9 Å². The molecule has 0 radical (unpaired) electrons. The van der Waals surface area contributed by atoms with E-state index in [9.17, 15) is 19.8 Å². The van der Waals surface area contributed by atoms with Gasteiger partial charge >= 0.3 is 12.2 Å². The van der Waals surface area contributed by atoms with Crippen molar-refractivity contribution >= 4 is 23.6 Å². The molecule has 2 aromatic rings. The van der Waals surface area contributed by atoms with Gasteiger partial charge in [-0.25, -0.2) is 9.59 Å². The Morgan fingerprint density at radius 3 is 2.49 bits per heavy atom. The largest absolute Gasteiger partial charge is 0.497 e. The summed E-state index contributed by atoms with van der Waals surface area (Å²) in [7, 11) is 4.42. The number of anilines is 1. The number of benzene rings is 2. The molecule has 7 unspecified atom stereocenters. The molecule has 2 fully saturated rings. The lowest BCUT2D eigenvalue weighted by molar-refractivity contribution is -0.255. The van der Waals surface area contributed by atoms with Crippen LogP contribution in [-0.4, -0.2) is 105 Å². The van der Waals surface area contributed by atoms with Gasteiger partial charge in [0.05, 0.1) is 51.9 Å². The highest BCUT2D eigenvalue weighted by atomic mass is 16.8. The molecular formula is C46H63N3O12. The van der Waals surface area contributed by atoms with E-state index >= 15 is 0 Å². The normalized spacial score (nSPS) is 25.8. The third-order valence-corrected chi connectivity index (χ3v) is 12.2. The number of oxime groups is 1. The van der Waals surface area contributed by atoms with E-state index in [1.165, 1.54) is 14.2 Å². The van der Waals surface area contributed by atoms with E-state index < -0.39 is 36.2 Å². The van der Waals surface area contributed by atoms with Crippen molar-refractivity contribution in [1.29, 1.82) is 0 Å². The first-order valence-electron chi connectivity index (χ1n) is 21.7. The second-order valence-electron chi connectivity index (χ2n) is 15.9. The molecular weight excluding hydrogens is 787 g/mol. The van der Waals surface area contributed by atoms with Crippen LogP contribution in [0.4, 0.5) is 15.3 Å². The van der Waals surface area contributed by atoms with Crippen molar-refractivity contribution in [3.05, 3.63) is 66.3 Å². The zero-order chi connectivity index (χ0) is 43.4. The van der Waals surface area contributed by atoms with Crippen molar-refractivity contribution in [2.45, 2.75) is 102 Å². The maximum atomic E-state index is 13.8. The fourth-order valence-electron chi connectivity index (χ4n) is 9.51. The van der Waals surface area contributed by atoms with Crippen molar-refractivity contribution in [2.75, 3.05) is 59.6 Å². The number of fused-ring (bicyclic) bond motifs is 2. The van der Waals surface area contributed by atoms with Gasteiger partial charge in [-0.1, -0.05) is 37.1 Å². The summed E-state index contributed by atoms with van der Waals surface area (Å²) in [6, 6.07) is 9.64. The third-order valence-electron chi connectivity index (χ3n) is 12.2. The molecule has 15 heteroatoms. The Labute approximate surface area is 358 Å². The van der Waals surface area contributed by atoms with Gasteiger partial charge in [0.15, 0.2) is 0 Å². The summed E-state index contributed by atoms with van der Waals surface area (Å²) in [4.78, 5) is 35.2. The molecule has 2 amide bonds. The number of carbonyl (C=O) groups is 2. The number of hydrogen-bond donors (Lipinski definition) is 3. The van der Waals surface area contributed by atoms with Gasteiger partial charge in [-0.3, -0.25) is 10.2 Å². The van der Waals surface area contributed by atoms with Crippen LogP contribution in [-0.2, 0) is 19.0 Å². The number of allylic oxidation sites excluding steroid dienone is 1. The Morgan fingerprint density at radius 1 is 1.02 bits per heavy atom. The van der Waals surface area contributed by atoms with E-state index in [2.05, 4.69) is 18.0 Å². The molecule has 0 bridgehead atoms. The molecule has 2 aliphatic carbocycles. The number of aliphatic hydroxyl groups excluding tert-OH is 2. The Morgan fingerprint density at radius 2 is 1.80 bits per heavy atom. The van der Waals surface area contributed by atoms with Gasteiger partial charge < -0.3 is 48.2 Å². The first kappa shape index (κ1) is 45.7. The average Bonchev–Trinajstić information content (AvgIpc) is 3.28. The zero-order valence-corrected chi connectivity index (χ0v) is 36.0. The summed E-state index contributed by atoms with van der Waals surface area (Å²) in [5.41, 5.74) is 2.75. The quantitative estimate of drug-likeness (QED) is 0.0667. The number of hydrogen-bond acceptors (Lipinski definition) is 13. The predicted octanol–water partition coefficient (Wildman–Crippen LogP) is 7.95. The number of nitrogens with one attached hydrogen (secondary N) is 1. The molecule has 334 valence electrons. The number of rotatable bonds is 20. The van der Waals surface area contributed by atoms with Crippen LogP contribution in [0.3, 0.4) is 0 Å². The molecule has 15 nitrogen and oxygen atoms in total. The van der Waals surface area contributed by atoms with Crippen LogP contribution in [0.2, 0.25) is 0 Å². The summed E-state index contributed by atoms with van der Waals surface area (Å²) in [6.45, 7) is 7.17. The predicted molar refractivity (Wildman–Crippen MR) is 228 cm³/mol. The molecule has 1 saturated carbocycles. The van der Waals surface area contributed by atoms with Crippen LogP contribution >= 0.6 is 0 Å². The minimum absolute atomic E-state index is 0.0139. The van der Waals surface area contributed by atoms with E-state index in [-0.39, 0.29) is 49.7 Å². The number of amides is 2. The van der Waals surface area contributed by atoms with Gasteiger partial charge in [-0.15, -0.1) is 6.58 Å². The molecule has 6 rings (SSSR count). The topological polar surface area (TPSA) is 176 Å². The van der Waals surface area contributed by atoms with Crippen LogP contribution in [0.1, 0.15) is 89.0 Å². The lowest BCUT2D eigenvalue weighted by Gasteiger charge is -2.59. The fourth-order valence-corrected chi connectivity index (χ4v) is 9.51. The summed E-state index contributed by atoms with van der Waals surface area (Å²) >= 11 is 0. The number of nitrogens with zero attached hydrogens (tertiary/aromatic N) is 2. The van der Waals surface area contributed by atoms with Crippen molar-refractivity contribution in [3.63, 3.8) is 0 Å². The maximum Gasteiger partial charge on any atom is 0.417 e. The Hall–Kier alpha value is -4.83. The molecule has 3 N–H and O–H groups in total. The van der Waals surface area contributed by atoms with Crippen molar-refractivity contribution in [1.82, 2.24) is 4.90 Å². The van der Waals surface area contributed by atoms with E-state index in [0.717, 1.165) is 49.7 Å². The van der Waals surface area contributed by atoms with E-state index in [0.29, 0.717) is 67.5 Å². The Kier molecular flexibility index (Phi) is 16.3. The van der Waals surface area contributed by atoms with Crippen molar-refractivity contribution in [2.24, 2.45) is 22.9 Å². The lowest BCUT2D eigenvalue weighted by atomic mass is 9.55. The minimum atomic E-state index is -1.45. The van der Waals surface area contributed by atoms with Crippen molar-refractivity contribution in [3.8, 4) is 23.0 Å². The zero-order valence-electron chi connectivity index (χ0n) is 36.0.